The molecule has 0 aromatic heterocycles. The van der Waals surface area contributed by atoms with E-state index in [1.54, 1.807) is 6.92 Å². The van der Waals surface area contributed by atoms with Crippen molar-refractivity contribution < 1.29 is 19.8 Å². The Labute approximate surface area is 137 Å². The Morgan fingerprint density at radius 2 is 1.96 bits per heavy atom. The Hall–Kier alpha value is -1.32. The first-order chi connectivity index (χ1) is 10.8. The Balaban J connectivity index is 1.86. The van der Waals surface area contributed by atoms with Crippen molar-refractivity contribution in [1.82, 2.24) is 0 Å². The molecule has 2 bridgehead atoms. The van der Waals surface area contributed by atoms with Crippen molar-refractivity contribution >= 4 is 11.9 Å². The molecule has 4 aliphatic carbocycles. The number of rotatable bonds is 2. The van der Waals surface area contributed by atoms with Crippen molar-refractivity contribution in [3.05, 3.63) is 12.2 Å². The van der Waals surface area contributed by atoms with Gasteiger partial charge in [0.05, 0.1) is 11.3 Å². The van der Waals surface area contributed by atoms with E-state index in [0.717, 1.165) is 38.5 Å². The topological polar surface area (TPSA) is 74.6 Å². The van der Waals surface area contributed by atoms with Gasteiger partial charge >= 0.3 is 11.9 Å². The van der Waals surface area contributed by atoms with E-state index in [9.17, 15) is 19.8 Å². The van der Waals surface area contributed by atoms with Crippen LogP contribution in [-0.2, 0) is 9.59 Å². The van der Waals surface area contributed by atoms with Crippen LogP contribution >= 0.6 is 0 Å². The van der Waals surface area contributed by atoms with Gasteiger partial charge < -0.3 is 10.2 Å². The molecule has 1 unspecified atom stereocenters. The average Bonchev–Trinajstić information content (AvgIpc) is 2.91. The van der Waals surface area contributed by atoms with Crippen molar-refractivity contribution in [2.75, 3.05) is 0 Å². The minimum Gasteiger partial charge on any atom is -0.481 e. The second-order valence-electron chi connectivity index (χ2n) is 8.77. The van der Waals surface area contributed by atoms with E-state index in [-0.39, 0.29) is 17.3 Å². The monoisotopic (exact) mass is 318 g/mol. The lowest BCUT2D eigenvalue weighted by molar-refractivity contribution is -0.162. The summed E-state index contributed by atoms with van der Waals surface area (Å²) in [6, 6.07) is 0. The summed E-state index contributed by atoms with van der Waals surface area (Å²) in [5.41, 5.74) is 0.106. The molecule has 23 heavy (non-hydrogen) atoms. The van der Waals surface area contributed by atoms with E-state index in [0.29, 0.717) is 18.3 Å². The molecule has 4 fully saturated rings. The van der Waals surface area contributed by atoms with Crippen molar-refractivity contribution in [2.45, 2.75) is 51.9 Å². The van der Waals surface area contributed by atoms with Gasteiger partial charge in [0.25, 0.3) is 0 Å². The molecular formula is C19H26O4. The molecule has 0 aromatic carbocycles. The average molecular weight is 318 g/mol. The summed E-state index contributed by atoms with van der Waals surface area (Å²) in [5.74, 6) is -1.21. The van der Waals surface area contributed by atoms with Gasteiger partial charge in [-0.25, -0.2) is 0 Å². The van der Waals surface area contributed by atoms with E-state index in [4.69, 9.17) is 0 Å². The summed E-state index contributed by atoms with van der Waals surface area (Å²) in [4.78, 5) is 24.3. The zero-order valence-electron chi connectivity index (χ0n) is 13.8. The third-order valence-electron chi connectivity index (χ3n) is 8.01. The van der Waals surface area contributed by atoms with E-state index in [1.165, 1.54) is 5.57 Å². The number of fused-ring (bicyclic) bond motifs is 3. The molecule has 0 heterocycles. The van der Waals surface area contributed by atoms with Crippen molar-refractivity contribution in [3.63, 3.8) is 0 Å². The van der Waals surface area contributed by atoms with Crippen LogP contribution in [0, 0.1) is 40.4 Å². The quantitative estimate of drug-likeness (QED) is 0.763. The lowest BCUT2D eigenvalue weighted by atomic mass is 9.60. The van der Waals surface area contributed by atoms with Gasteiger partial charge in [-0.3, -0.25) is 9.59 Å². The van der Waals surface area contributed by atoms with Crippen LogP contribution in [0.3, 0.4) is 0 Å². The first-order valence-corrected chi connectivity index (χ1v) is 8.95. The fraction of sp³-hybridized carbons (Fsp3) is 0.789. The summed E-state index contributed by atoms with van der Waals surface area (Å²) in [7, 11) is 0. The number of carbonyl (C=O) groups is 2. The molecule has 0 saturated heterocycles. The molecule has 0 radical (unpaired) electrons. The maximum absolute atomic E-state index is 12.3. The highest BCUT2D eigenvalue weighted by Gasteiger charge is 2.71. The largest absolute Gasteiger partial charge is 0.481 e. The van der Waals surface area contributed by atoms with Crippen LogP contribution in [-0.4, -0.2) is 22.2 Å². The maximum atomic E-state index is 12.3. The minimum absolute atomic E-state index is 0.220. The van der Waals surface area contributed by atoms with E-state index in [1.807, 2.05) is 0 Å². The Morgan fingerprint density at radius 3 is 2.61 bits per heavy atom. The van der Waals surface area contributed by atoms with Crippen molar-refractivity contribution in [3.8, 4) is 0 Å². The van der Waals surface area contributed by atoms with Gasteiger partial charge in [0.2, 0.25) is 0 Å². The van der Waals surface area contributed by atoms with Gasteiger partial charge in [0, 0.05) is 0 Å². The fourth-order valence-corrected chi connectivity index (χ4v) is 7.20. The molecule has 126 valence electrons. The van der Waals surface area contributed by atoms with Crippen molar-refractivity contribution in [1.29, 1.82) is 0 Å². The van der Waals surface area contributed by atoms with E-state index >= 15 is 0 Å². The summed E-state index contributed by atoms with van der Waals surface area (Å²) >= 11 is 0. The molecule has 2 N–H and O–H groups in total. The van der Waals surface area contributed by atoms with Crippen LogP contribution in [0.5, 0.6) is 0 Å². The smallest absolute Gasteiger partial charge is 0.309 e. The van der Waals surface area contributed by atoms with Crippen LogP contribution in [0.2, 0.25) is 0 Å². The maximum Gasteiger partial charge on any atom is 0.309 e. The number of carboxylic acids is 2. The molecule has 4 rings (SSSR count). The molecule has 0 aromatic rings. The Bertz CT molecular complexity index is 596. The third kappa shape index (κ3) is 1.72. The standard InChI is InChI=1S/C19H26O4/c1-10-8-19-9-11(10)5-6-13(19)12-4-3-7-18(2,17(22)23)14(12)15(19)16(20)21/h11-15H,1,3-9H2,2H3,(H,20,21)(H,22,23)/t11-,12?,13+,14-,15-,18-,19+/m1/s1. The highest BCUT2D eigenvalue weighted by molar-refractivity contribution is 5.79. The summed E-state index contributed by atoms with van der Waals surface area (Å²) in [6.07, 6.45) is 6.43. The van der Waals surface area contributed by atoms with Crippen LogP contribution in [0.25, 0.3) is 0 Å². The number of hydrogen-bond acceptors (Lipinski definition) is 2. The second-order valence-corrected chi connectivity index (χ2v) is 8.77. The molecule has 4 heteroatoms. The molecule has 4 saturated carbocycles. The van der Waals surface area contributed by atoms with E-state index < -0.39 is 23.3 Å². The normalized spacial score (nSPS) is 51.2. The van der Waals surface area contributed by atoms with Crippen LogP contribution < -0.4 is 0 Å². The number of aliphatic carboxylic acids is 2. The van der Waals surface area contributed by atoms with Gasteiger partial charge in [-0.1, -0.05) is 18.6 Å². The summed E-state index contributed by atoms with van der Waals surface area (Å²) < 4.78 is 0. The lowest BCUT2D eigenvalue weighted by Crippen LogP contribution is -2.47. The van der Waals surface area contributed by atoms with Crippen LogP contribution in [0.1, 0.15) is 51.9 Å². The molecule has 4 nitrogen and oxygen atoms in total. The Morgan fingerprint density at radius 1 is 1.22 bits per heavy atom. The highest BCUT2D eigenvalue weighted by Crippen LogP contribution is 2.73. The first-order valence-electron chi connectivity index (χ1n) is 8.95. The van der Waals surface area contributed by atoms with Crippen LogP contribution in [0.15, 0.2) is 12.2 Å². The zero-order valence-corrected chi connectivity index (χ0v) is 13.8. The molecule has 4 aliphatic rings. The van der Waals surface area contributed by atoms with E-state index in [2.05, 4.69) is 6.58 Å². The molecule has 1 spiro atoms. The summed E-state index contributed by atoms with van der Waals surface area (Å²) in [5, 5.41) is 20.0. The fourth-order valence-electron chi connectivity index (χ4n) is 7.20. The molecule has 7 atom stereocenters. The zero-order chi connectivity index (χ0) is 16.6. The molecule has 0 aliphatic heterocycles. The second kappa shape index (κ2) is 4.61. The first kappa shape index (κ1) is 15.2. The number of hydrogen-bond donors (Lipinski definition) is 2. The number of carboxylic acid groups (broad SMARTS) is 2. The van der Waals surface area contributed by atoms with Gasteiger partial charge in [-0.2, -0.15) is 0 Å². The SMILES string of the molecule is C=C1C[C@]23C[C@H]1CC[C@H]2C1CCC[C@@](C)(C(=O)O)[C@H]1[C@@H]3C(=O)O. The molecular weight excluding hydrogens is 292 g/mol. The van der Waals surface area contributed by atoms with Gasteiger partial charge in [-0.05, 0) is 74.5 Å². The van der Waals surface area contributed by atoms with Crippen LogP contribution in [0.4, 0.5) is 0 Å². The van der Waals surface area contributed by atoms with Gasteiger partial charge in [-0.15, -0.1) is 0 Å². The Kier molecular flexibility index (Phi) is 3.05. The summed E-state index contributed by atoms with van der Waals surface area (Å²) in [6.45, 7) is 6.03. The van der Waals surface area contributed by atoms with Crippen molar-refractivity contribution in [2.24, 2.45) is 40.4 Å². The molecule has 0 amide bonds. The predicted molar refractivity (Wildman–Crippen MR) is 84.7 cm³/mol. The minimum atomic E-state index is -0.891. The number of allylic oxidation sites excluding steroid dienone is 1. The van der Waals surface area contributed by atoms with Gasteiger partial charge in [0.1, 0.15) is 0 Å². The lowest BCUT2D eigenvalue weighted by Gasteiger charge is -2.42. The highest BCUT2D eigenvalue weighted by atomic mass is 16.4. The third-order valence-corrected chi connectivity index (χ3v) is 8.01. The van der Waals surface area contributed by atoms with Gasteiger partial charge in [0.15, 0.2) is 0 Å². The predicted octanol–water partition coefficient (Wildman–Crippen LogP) is 3.57.